The van der Waals surface area contributed by atoms with Gasteiger partial charge in [0.25, 0.3) is 0 Å². The molecule has 0 saturated carbocycles. The van der Waals surface area contributed by atoms with Crippen LogP contribution < -0.4 is 16.0 Å². The van der Waals surface area contributed by atoms with Crippen LogP contribution in [0.2, 0.25) is 0 Å². The lowest BCUT2D eigenvalue weighted by Gasteiger charge is -2.16. The number of ether oxygens (including phenoxy) is 1. The minimum atomic E-state index is -1.02. The van der Waals surface area contributed by atoms with Crippen molar-refractivity contribution in [1.82, 2.24) is 15.3 Å². The highest BCUT2D eigenvalue weighted by Crippen LogP contribution is 2.29. The van der Waals surface area contributed by atoms with E-state index in [1.54, 1.807) is 24.3 Å². The molecule has 2 aromatic rings. The maximum atomic E-state index is 15.2. The molecule has 2 aliphatic heterocycles. The van der Waals surface area contributed by atoms with Crippen LogP contribution in [-0.2, 0) is 19.2 Å². The Morgan fingerprint density at radius 3 is 2.83 bits per heavy atom. The lowest BCUT2D eigenvalue weighted by molar-refractivity contribution is -0.137. The van der Waals surface area contributed by atoms with Crippen molar-refractivity contribution in [2.45, 2.75) is 37.5 Å². The number of carboxylic acids is 1. The zero-order valence-corrected chi connectivity index (χ0v) is 22.9. The van der Waals surface area contributed by atoms with E-state index < -0.39 is 42.0 Å². The molecule has 1 saturated heterocycles. The Hall–Kier alpha value is -4.92. The van der Waals surface area contributed by atoms with E-state index in [0.29, 0.717) is 34.6 Å². The van der Waals surface area contributed by atoms with Crippen molar-refractivity contribution in [3.63, 3.8) is 0 Å². The summed E-state index contributed by atoms with van der Waals surface area (Å²) in [6.07, 6.45) is 1.66. The molecular weight excluding hydrogens is 551 g/mol. The predicted molar refractivity (Wildman–Crippen MR) is 149 cm³/mol. The quantitative estimate of drug-likeness (QED) is 0.236. The molecule has 0 aliphatic carbocycles. The maximum absolute atomic E-state index is 15.2. The van der Waals surface area contributed by atoms with Gasteiger partial charge in [0.2, 0.25) is 5.91 Å². The van der Waals surface area contributed by atoms with Gasteiger partial charge in [0.05, 0.1) is 44.1 Å². The number of hydrogen-bond donors (Lipinski definition) is 3. The monoisotopic (exact) mass is 582 g/mol. The molecule has 0 radical (unpaired) electrons. The fraction of sp³-hybridized carbons (Fsp3) is 0.370. The van der Waals surface area contributed by atoms with Crippen LogP contribution in [0, 0.1) is 5.82 Å². The van der Waals surface area contributed by atoms with Gasteiger partial charge in [0, 0.05) is 36.4 Å². The molecule has 222 valence electrons. The Balaban J connectivity index is 1.32. The number of aromatic nitrogens is 1. The van der Waals surface area contributed by atoms with Gasteiger partial charge in [-0.2, -0.15) is 5.11 Å². The average molecular weight is 583 g/mol. The molecule has 1 aromatic carbocycles. The molecule has 1 aromatic heterocycles. The first-order valence-corrected chi connectivity index (χ1v) is 13.1. The van der Waals surface area contributed by atoms with Crippen LogP contribution in [-0.4, -0.2) is 83.7 Å². The second-order valence-corrected chi connectivity index (χ2v) is 9.56. The summed E-state index contributed by atoms with van der Waals surface area (Å²) >= 11 is 0. The summed E-state index contributed by atoms with van der Waals surface area (Å²) in [7, 11) is 1.52. The van der Waals surface area contributed by atoms with Crippen molar-refractivity contribution in [1.29, 1.82) is 0 Å². The predicted octanol–water partition coefficient (Wildman–Crippen LogP) is 2.46. The van der Waals surface area contributed by atoms with Crippen molar-refractivity contribution < 1.29 is 33.5 Å². The number of benzene rings is 1. The molecule has 4 N–H and O–H groups in total. The van der Waals surface area contributed by atoms with E-state index in [4.69, 9.17) is 20.4 Å². The Morgan fingerprint density at radius 1 is 1.36 bits per heavy atom. The van der Waals surface area contributed by atoms with Crippen molar-refractivity contribution >= 4 is 29.4 Å². The zero-order chi connectivity index (χ0) is 30.2. The molecule has 0 bridgehead atoms. The summed E-state index contributed by atoms with van der Waals surface area (Å²) in [5, 5.41) is 24.4. The topological polar surface area (TPSA) is 184 Å². The molecule has 3 unspecified atom stereocenters. The maximum Gasteiger partial charge on any atom is 0.414 e. The molecule has 1 fully saturated rings. The average Bonchev–Trinajstić information content (AvgIpc) is 3.60. The van der Waals surface area contributed by atoms with Gasteiger partial charge in [0.1, 0.15) is 17.6 Å². The number of halogens is 1. The van der Waals surface area contributed by atoms with Gasteiger partial charge >= 0.3 is 12.1 Å². The SMILES string of the molecule is C=CN(CC1CN(c2ccc(-c3ccc(C4=NOC(CNC(=O)C(N)CCC(=O)O)C4)nc3)c(F)c2)C(=O)O1)N=NC. The van der Waals surface area contributed by atoms with Gasteiger partial charge in [0.15, 0.2) is 6.10 Å². The smallest absolute Gasteiger partial charge is 0.414 e. The highest BCUT2D eigenvalue weighted by Gasteiger charge is 2.34. The number of carbonyl (C=O) groups excluding carboxylic acids is 2. The minimum Gasteiger partial charge on any atom is -0.481 e. The van der Waals surface area contributed by atoms with Gasteiger partial charge < -0.3 is 25.7 Å². The summed E-state index contributed by atoms with van der Waals surface area (Å²) in [6, 6.07) is 6.93. The van der Waals surface area contributed by atoms with Crippen LogP contribution in [0.4, 0.5) is 14.9 Å². The largest absolute Gasteiger partial charge is 0.481 e. The Bertz CT molecular complexity index is 1390. The number of nitrogens with two attached hydrogens (primary N) is 1. The summed E-state index contributed by atoms with van der Waals surface area (Å²) in [4.78, 5) is 46.3. The van der Waals surface area contributed by atoms with E-state index >= 15 is 4.39 Å². The van der Waals surface area contributed by atoms with E-state index in [2.05, 4.69) is 32.4 Å². The van der Waals surface area contributed by atoms with Crippen LogP contribution >= 0.6 is 0 Å². The number of hydrogen-bond acceptors (Lipinski definition) is 10. The molecule has 3 atom stereocenters. The molecule has 15 heteroatoms. The molecule has 4 rings (SSSR count). The molecule has 2 aliphatic rings. The lowest BCUT2D eigenvalue weighted by Crippen LogP contribution is -2.43. The van der Waals surface area contributed by atoms with Gasteiger partial charge in [-0.3, -0.25) is 24.5 Å². The molecule has 2 amide bonds. The van der Waals surface area contributed by atoms with E-state index in [1.807, 2.05) is 0 Å². The summed E-state index contributed by atoms with van der Waals surface area (Å²) < 4.78 is 20.5. The molecule has 42 heavy (non-hydrogen) atoms. The van der Waals surface area contributed by atoms with Crippen molar-refractivity contribution in [2.75, 3.05) is 31.6 Å². The number of cyclic esters (lactones) is 1. The molecular formula is C27H31FN8O6. The zero-order valence-electron chi connectivity index (χ0n) is 22.9. The Kier molecular flexibility index (Phi) is 9.75. The number of anilines is 1. The number of carbonyl (C=O) groups is 3. The summed E-state index contributed by atoms with van der Waals surface area (Å²) in [6.45, 7) is 4.26. The number of nitrogens with zero attached hydrogens (tertiary/aromatic N) is 6. The van der Waals surface area contributed by atoms with Crippen molar-refractivity contribution in [2.24, 2.45) is 21.2 Å². The van der Waals surface area contributed by atoms with Gasteiger partial charge in [-0.1, -0.05) is 23.0 Å². The van der Waals surface area contributed by atoms with Crippen LogP contribution in [0.15, 0.2) is 64.8 Å². The highest BCUT2D eigenvalue weighted by atomic mass is 19.1. The van der Waals surface area contributed by atoms with Crippen molar-refractivity contribution in [3.05, 3.63) is 60.8 Å². The van der Waals surface area contributed by atoms with Gasteiger partial charge in [-0.15, -0.1) is 0 Å². The number of pyridine rings is 1. The third-order valence-electron chi connectivity index (χ3n) is 6.56. The summed E-state index contributed by atoms with van der Waals surface area (Å²) in [5.41, 5.74) is 7.98. The van der Waals surface area contributed by atoms with Crippen LogP contribution in [0.25, 0.3) is 11.1 Å². The molecule has 3 heterocycles. The fourth-order valence-corrected chi connectivity index (χ4v) is 4.37. The first-order chi connectivity index (χ1) is 20.2. The standard InChI is InChI=1S/C27H31FN8O6/c1-3-35(34-30-2)14-19-15-36(27(40)41-19)17-5-6-20(21(28)10-17)16-4-8-23(31-12-16)24-11-18(42-33-24)13-32-26(39)22(29)7-9-25(37)38/h3-6,8,10,12,18-19,22H,1,7,9,11,13-15,29H2,2H3,(H,32,39)(H,37,38). The number of aliphatic carboxylic acids is 1. The van der Waals surface area contributed by atoms with Gasteiger partial charge in [-0.25, -0.2) is 9.18 Å². The fourth-order valence-electron chi connectivity index (χ4n) is 4.37. The number of rotatable bonds is 13. The normalized spacial score (nSPS) is 18.8. The van der Waals surface area contributed by atoms with E-state index in [1.165, 1.54) is 35.4 Å². The Morgan fingerprint density at radius 2 is 2.17 bits per heavy atom. The first-order valence-electron chi connectivity index (χ1n) is 13.1. The second kappa shape index (κ2) is 13.6. The summed E-state index contributed by atoms with van der Waals surface area (Å²) in [5.74, 6) is -2.03. The van der Waals surface area contributed by atoms with E-state index in [0.717, 1.165) is 0 Å². The van der Waals surface area contributed by atoms with Gasteiger partial charge in [-0.05, 0) is 30.7 Å². The number of amides is 2. The number of oxime groups is 1. The Labute approximate surface area is 240 Å². The third-order valence-corrected chi connectivity index (χ3v) is 6.56. The lowest BCUT2D eigenvalue weighted by atomic mass is 10.0. The third kappa shape index (κ3) is 7.42. The second-order valence-electron chi connectivity index (χ2n) is 9.56. The highest BCUT2D eigenvalue weighted by molar-refractivity contribution is 6.00. The molecule has 0 spiro atoms. The minimum absolute atomic E-state index is 0.0292. The molecule has 14 nitrogen and oxygen atoms in total. The van der Waals surface area contributed by atoms with Crippen molar-refractivity contribution in [3.8, 4) is 11.1 Å². The number of carboxylic acid groups (broad SMARTS) is 1. The van der Waals surface area contributed by atoms with E-state index in [9.17, 15) is 14.4 Å². The first kappa shape index (κ1) is 30.0. The van der Waals surface area contributed by atoms with Crippen LogP contribution in [0.1, 0.15) is 25.0 Å². The number of nitrogens with one attached hydrogen (secondary N) is 1. The van der Waals surface area contributed by atoms with Crippen LogP contribution in [0.5, 0.6) is 0 Å². The van der Waals surface area contributed by atoms with Crippen LogP contribution in [0.3, 0.4) is 0 Å². The van der Waals surface area contributed by atoms with E-state index in [-0.39, 0.29) is 32.5 Å².